The highest BCUT2D eigenvalue weighted by Gasteiger charge is 2.14. The van der Waals surface area contributed by atoms with Gasteiger partial charge in [0.2, 0.25) is 5.95 Å². The van der Waals surface area contributed by atoms with Crippen LogP contribution in [0.15, 0.2) is 18.2 Å². The summed E-state index contributed by atoms with van der Waals surface area (Å²) in [4.78, 5) is 11.9. The third kappa shape index (κ3) is 3.05. The summed E-state index contributed by atoms with van der Waals surface area (Å²) in [7, 11) is 0. The van der Waals surface area contributed by atoms with Gasteiger partial charge in [-0.15, -0.1) is 0 Å². The Hall–Kier alpha value is -2.16. The number of rotatable bonds is 4. The molecule has 2 heterocycles. The fourth-order valence-corrected chi connectivity index (χ4v) is 1.79. The van der Waals surface area contributed by atoms with Crippen molar-refractivity contribution in [3.63, 3.8) is 0 Å². The lowest BCUT2D eigenvalue weighted by Gasteiger charge is -2.19. The molecule has 0 spiro atoms. The van der Waals surface area contributed by atoms with Crippen LogP contribution in [-0.2, 0) is 13.2 Å². The van der Waals surface area contributed by atoms with E-state index in [1.54, 1.807) is 18.2 Å². The van der Waals surface area contributed by atoms with Crippen LogP contribution in [0.3, 0.4) is 0 Å². The Morgan fingerprint density at radius 2 is 1.85 bits per heavy atom. The van der Waals surface area contributed by atoms with Gasteiger partial charge in [0.05, 0.1) is 24.5 Å². The molecule has 2 aromatic heterocycles. The molecule has 0 atom stereocenters. The highest BCUT2D eigenvalue weighted by Crippen LogP contribution is 2.26. The summed E-state index contributed by atoms with van der Waals surface area (Å²) < 4.78 is 0. The van der Waals surface area contributed by atoms with E-state index in [9.17, 15) is 0 Å². The van der Waals surface area contributed by atoms with Crippen molar-refractivity contribution in [1.82, 2.24) is 15.0 Å². The van der Waals surface area contributed by atoms with Crippen LogP contribution in [0.4, 0.5) is 17.5 Å². The van der Waals surface area contributed by atoms with Gasteiger partial charge in [0.15, 0.2) is 11.0 Å². The number of anilines is 3. The second-order valence-electron chi connectivity index (χ2n) is 4.02. The molecule has 9 heteroatoms. The number of nitrogens with two attached hydrogens (primary N) is 3. The van der Waals surface area contributed by atoms with Crippen molar-refractivity contribution in [3.05, 3.63) is 34.7 Å². The number of hydrazine groups is 1. The maximum absolute atomic E-state index is 9.05. The zero-order valence-electron chi connectivity index (χ0n) is 10.5. The van der Waals surface area contributed by atoms with Gasteiger partial charge in [0, 0.05) is 0 Å². The Kier molecular flexibility index (Phi) is 4.18. The maximum Gasteiger partial charge on any atom is 0.223 e. The average molecular weight is 296 g/mol. The van der Waals surface area contributed by atoms with Gasteiger partial charge in [0.1, 0.15) is 5.69 Å². The van der Waals surface area contributed by atoms with Crippen molar-refractivity contribution in [3.8, 4) is 0 Å². The van der Waals surface area contributed by atoms with E-state index in [1.807, 2.05) is 0 Å². The van der Waals surface area contributed by atoms with Crippen LogP contribution in [0.5, 0.6) is 0 Å². The molecule has 0 fully saturated rings. The van der Waals surface area contributed by atoms with Crippen molar-refractivity contribution in [2.75, 3.05) is 16.5 Å². The smallest absolute Gasteiger partial charge is 0.223 e. The zero-order chi connectivity index (χ0) is 14.7. The molecule has 20 heavy (non-hydrogen) atoms. The van der Waals surface area contributed by atoms with Crippen molar-refractivity contribution < 1.29 is 5.11 Å². The van der Waals surface area contributed by atoms with Gasteiger partial charge in [-0.3, -0.25) is 9.99 Å². The maximum atomic E-state index is 9.05. The van der Waals surface area contributed by atoms with Crippen LogP contribution < -0.4 is 22.3 Å². The fourth-order valence-electron chi connectivity index (χ4n) is 1.62. The molecule has 0 saturated carbocycles. The molecule has 8 nitrogen and oxygen atoms in total. The Labute approximate surface area is 120 Å². The van der Waals surface area contributed by atoms with E-state index < -0.39 is 0 Å². The van der Waals surface area contributed by atoms with Crippen LogP contribution in [0.25, 0.3) is 0 Å². The Morgan fingerprint density at radius 1 is 1.15 bits per heavy atom. The fraction of sp³-hybridized carbons (Fsp3) is 0.182. The number of aliphatic hydroxyl groups excluding tert-OH is 1. The van der Waals surface area contributed by atoms with Crippen molar-refractivity contribution in [2.45, 2.75) is 13.2 Å². The molecule has 0 aromatic carbocycles. The molecule has 0 unspecified atom stereocenters. The molecule has 0 aliphatic carbocycles. The third-order valence-corrected chi connectivity index (χ3v) is 2.82. The SMILES string of the molecule is Nc1nc(Cl)c(N)c(N(N)Cc2cccc(CO)n2)n1. The number of hydrogen-bond acceptors (Lipinski definition) is 8. The Balaban J connectivity index is 2.25. The van der Waals surface area contributed by atoms with Crippen LogP contribution in [0, 0.1) is 0 Å². The first-order chi connectivity index (χ1) is 9.51. The molecule has 0 saturated heterocycles. The predicted octanol–water partition coefficient (Wildman–Crippen LogP) is 0.0620. The molecule has 0 aliphatic rings. The summed E-state index contributed by atoms with van der Waals surface area (Å²) in [5.41, 5.74) is 12.6. The van der Waals surface area contributed by atoms with Crippen molar-refractivity contribution >= 4 is 29.1 Å². The van der Waals surface area contributed by atoms with Gasteiger partial charge in [-0.2, -0.15) is 9.97 Å². The summed E-state index contributed by atoms with van der Waals surface area (Å²) in [6, 6.07) is 5.24. The van der Waals surface area contributed by atoms with Crippen LogP contribution in [-0.4, -0.2) is 20.1 Å². The molecule has 0 amide bonds. The van der Waals surface area contributed by atoms with Crippen LogP contribution in [0.2, 0.25) is 5.15 Å². The standard InChI is InChI=1S/C11H14ClN7O/c12-9-8(13)10(18-11(14)17-9)19(15)4-6-2-1-3-7(5-20)16-6/h1-3,20H,4-5,13,15H2,(H2,14,17,18). The summed E-state index contributed by atoms with van der Waals surface area (Å²) >= 11 is 5.83. The predicted molar refractivity (Wildman–Crippen MR) is 76.4 cm³/mol. The third-order valence-electron chi connectivity index (χ3n) is 2.53. The second-order valence-corrected chi connectivity index (χ2v) is 4.37. The molecular formula is C11H14ClN7O. The monoisotopic (exact) mass is 295 g/mol. The van der Waals surface area contributed by atoms with Gasteiger partial charge < -0.3 is 16.6 Å². The average Bonchev–Trinajstić information content (AvgIpc) is 2.43. The first-order valence-electron chi connectivity index (χ1n) is 5.67. The highest BCUT2D eigenvalue weighted by molar-refractivity contribution is 6.32. The Morgan fingerprint density at radius 3 is 2.55 bits per heavy atom. The lowest BCUT2D eigenvalue weighted by atomic mass is 10.3. The second kappa shape index (κ2) is 5.87. The zero-order valence-corrected chi connectivity index (χ0v) is 11.2. The van der Waals surface area contributed by atoms with E-state index >= 15 is 0 Å². The number of aliphatic hydroxyl groups is 1. The van der Waals surface area contributed by atoms with E-state index in [1.165, 1.54) is 5.01 Å². The van der Waals surface area contributed by atoms with E-state index in [-0.39, 0.29) is 35.8 Å². The molecule has 106 valence electrons. The van der Waals surface area contributed by atoms with E-state index in [0.717, 1.165) is 0 Å². The number of nitrogen functional groups attached to an aromatic ring is 2. The van der Waals surface area contributed by atoms with Gasteiger partial charge in [0.25, 0.3) is 0 Å². The summed E-state index contributed by atoms with van der Waals surface area (Å²) in [6.45, 7) is 0.0810. The first kappa shape index (κ1) is 14.3. The van der Waals surface area contributed by atoms with Crippen LogP contribution >= 0.6 is 11.6 Å². The molecule has 0 radical (unpaired) electrons. The molecule has 2 aromatic rings. The lowest BCUT2D eigenvalue weighted by molar-refractivity contribution is 0.276. The topological polar surface area (TPSA) is 140 Å². The molecule has 7 N–H and O–H groups in total. The minimum absolute atomic E-state index is 0.0216. The highest BCUT2D eigenvalue weighted by atomic mass is 35.5. The van der Waals surface area contributed by atoms with Crippen molar-refractivity contribution in [2.24, 2.45) is 5.84 Å². The summed E-state index contributed by atoms with van der Waals surface area (Å²) in [5.74, 6) is 6.10. The number of aromatic nitrogens is 3. The molecule has 0 bridgehead atoms. The van der Waals surface area contributed by atoms with Crippen LogP contribution in [0.1, 0.15) is 11.4 Å². The molecule has 0 aliphatic heterocycles. The molecular weight excluding hydrogens is 282 g/mol. The van der Waals surface area contributed by atoms with Gasteiger partial charge >= 0.3 is 0 Å². The van der Waals surface area contributed by atoms with E-state index in [0.29, 0.717) is 11.4 Å². The van der Waals surface area contributed by atoms with Gasteiger partial charge in [-0.1, -0.05) is 17.7 Å². The number of hydrogen-bond donors (Lipinski definition) is 4. The van der Waals surface area contributed by atoms with E-state index in [4.69, 9.17) is 34.0 Å². The Bertz CT molecular complexity index is 622. The lowest BCUT2D eigenvalue weighted by Crippen LogP contribution is -2.32. The van der Waals surface area contributed by atoms with Gasteiger partial charge in [-0.05, 0) is 12.1 Å². The van der Waals surface area contributed by atoms with Gasteiger partial charge in [-0.25, -0.2) is 5.84 Å². The molecule has 2 rings (SSSR count). The minimum Gasteiger partial charge on any atom is -0.393 e. The largest absolute Gasteiger partial charge is 0.393 e. The summed E-state index contributed by atoms with van der Waals surface area (Å²) in [6.07, 6.45) is 0. The minimum atomic E-state index is -0.146. The number of nitrogens with zero attached hydrogens (tertiary/aromatic N) is 4. The van der Waals surface area contributed by atoms with E-state index in [2.05, 4.69) is 15.0 Å². The van der Waals surface area contributed by atoms with Crippen molar-refractivity contribution in [1.29, 1.82) is 0 Å². The normalized spacial score (nSPS) is 10.6. The number of pyridine rings is 1. The first-order valence-corrected chi connectivity index (χ1v) is 6.05. The number of halogens is 1. The quantitative estimate of drug-likeness (QED) is 0.352. The summed E-state index contributed by atoms with van der Waals surface area (Å²) in [5, 5.41) is 10.4.